The summed E-state index contributed by atoms with van der Waals surface area (Å²) in [5, 5.41) is 0. The molecular formula is C31H38N2O. The van der Waals surface area contributed by atoms with Crippen molar-refractivity contribution in [2.24, 2.45) is 5.92 Å². The summed E-state index contributed by atoms with van der Waals surface area (Å²) < 4.78 is 0. The van der Waals surface area contributed by atoms with E-state index in [1.807, 2.05) is 78.7 Å². The van der Waals surface area contributed by atoms with Gasteiger partial charge in [-0.05, 0) is 74.7 Å². The first-order valence-corrected chi connectivity index (χ1v) is 12.8. The van der Waals surface area contributed by atoms with Crippen molar-refractivity contribution in [1.29, 1.82) is 0 Å². The van der Waals surface area contributed by atoms with Crippen LogP contribution < -0.4 is 0 Å². The van der Waals surface area contributed by atoms with Crippen LogP contribution in [0.3, 0.4) is 0 Å². The summed E-state index contributed by atoms with van der Waals surface area (Å²) in [6.45, 7) is 3.62. The second kappa shape index (κ2) is 12.5. The van der Waals surface area contributed by atoms with Crippen LogP contribution in [-0.2, 0) is 0 Å². The maximum absolute atomic E-state index is 12.7. The normalized spacial score (nSPS) is 20.9. The second-order valence-electron chi connectivity index (χ2n) is 9.76. The van der Waals surface area contributed by atoms with Crippen molar-refractivity contribution in [3.05, 3.63) is 108 Å². The number of carbonyl (C=O) groups excluding carboxylic acids is 1. The minimum atomic E-state index is 0.162. The van der Waals surface area contributed by atoms with Crippen LogP contribution in [0.25, 0.3) is 0 Å². The predicted molar refractivity (Wildman–Crippen MR) is 141 cm³/mol. The highest BCUT2D eigenvalue weighted by Gasteiger charge is 2.32. The lowest BCUT2D eigenvalue weighted by atomic mass is 9.89. The molecule has 2 fully saturated rings. The van der Waals surface area contributed by atoms with Gasteiger partial charge in [0.05, 0.1) is 0 Å². The molecule has 1 amide bonds. The molecule has 0 N–H and O–H groups in total. The van der Waals surface area contributed by atoms with Crippen LogP contribution in [-0.4, -0.2) is 48.4 Å². The van der Waals surface area contributed by atoms with E-state index in [4.69, 9.17) is 0 Å². The van der Waals surface area contributed by atoms with E-state index >= 15 is 0 Å². The molecule has 2 unspecified atom stereocenters. The smallest absolute Gasteiger partial charge is 0.253 e. The third kappa shape index (κ3) is 6.80. The Labute approximate surface area is 205 Å². The van der Waals surface area contributed by atoms with Gasteiger partial charge in [0.1, 0.15) is 0 Å². The molecule has 0 radical (unpaired) electrons. The van der Waals surface area contributed by atoms with Gasteiger partial charge in [-0.2, -0.15) is 0 Å². The monoisotopic (exact) mass is 454 g/mol. The molecule has 2 aliphatic rings. The highest BCUT2D eigenvalue weighted by Crippen LogP contribution is 2.33. The first kappa shape index (κ1) is 24.2. The van der Waals surface area contributed by atoms with E-state index in [2.05, 4.69) is 35.2 Å². The number of nitrogens with zero attached hydrogens (tertiary/aromatic N) is 2. The Morgan fingerprint density at radius 1 is 0.765 bits per heavy atom. The summed E-state index contributed by atoms with van der Waals surface area (Å²) in [4.78, 5) is 17.4. The van der Waals surface area contributed by atoms with Crippen molar-refractivity contribution >= 4 is 5.91 Å². The molecule has 0 aromatic heterocycles. The van der Waals surface area contributed by atoms with Gasteiger partial charge in [-0.15, -0.1) is 0 Å². The Morgan fingerprint density at radius 3 is 1.88 bits per heavy atom. The zero-order valence-electron chi connectivity index (χ0n) is 20.4. The van der Waals surface area contributed by atoms with Crippen molar-refractivity contribution in [3.8, 4) is 0 Å². The summed E-state index contributed by atoms with van der Waals surface area (Å²) in [5.41, 5.74) is 2.31. The summed E-state index contributed by atoms with van der Waals surface area (Å²) in [5.74, 6) is 1.61. The molecule has 5 rings (SSSR count). The quantitative estimate of drug-likeness (QED) is 0.440. The minimum Gasteiger partial charge on any atom is -0.339 e. The third-order valence-electron chi connectivity index (χ3n) is 7.44. The van der Waals surface area contributed by atoms with Crippen LogP contribution in [0, 0.1) is 5.92 Å². The molecule has 0 spiro atoms. The number of piperidine rings is 1. The first-order chi connectivity index (χ1) is 16.7. The summed E-state index contributed by atoms with van der Waals surface area (Å²) in [6.07, 6.45) is 6.07. The van der Waals surface area contributed by atoms with E-state index in [0.29, 0.717) is 6.04 Å². The fourth-order valence-corrected chi connectivity index (χ4v) is 5.44. The van der Waals surface area contributed by atoms with E-state index in [0.717, 1.165) is 30.2 Å². The zero-order chi connectivity index (χ0) is 23.6. The maximum Gasteiger partial charge on any atom is 0.253 e. The number of carbonyl (C=O) groups is 1. The highest BCUT2D eigenvalue weighted by atomic mass is 16.2. The van der Waals surface area contributed by atoms with Crippen LogP contribution in [0.4, 0.5) is 0 Å². The molecule has 1 heterocycles. The Balaban J connectivity index is 0.000000398. The largest absolute Gasteiger partial charge is 0.339 e. The summed E-state index contributed by atoms with van der Waals surface area (Å²) in [7, 11) is 1.98. The van der Waals surface area contributed by atoms with Gasteiger partial charge in [-0.1, -0.05) is 84.9 Å². The average molecular weight is 455 g/mol. The van der Waals surface area contributed by atoms with E-state index in [9.17, 15) is 4.79 Å². The first-order valence-electron chi connectivity index (χ1n) is 12.8. The Bertz CT molecular complexity index is 941. The van der Waals surface area contributed by atoms with Gasteiger partial charge in [-0.3, -0.25) is 4.79 Å². The van der Waals surface area contributed by atoms with Crippen molar-refractivity contribution in [2.75, 3.05) is 26.7 Å². The molecule has 0 bridgehead atoms. The summed E-state index contributed by atoms with van der Waals surface area (Å²) >= 11 is 0. The molecule has 3 aromatic carbocycles. The molecule has 3 aromatic rings. The molecular weight excluding hydrogens is 416 g/mol. The molecule has 1 saturated carbocycles. The van der Waals surface area contributed by atoms with Gasteiger partial charge < -0.3 is 9.80 Å². The molecule has 178 valence electrons. The summed E-state index contributed by atoms with van der Waals surface area (Å²) in [6, 6.07) is 33.1. The Morgan fingerprint density at radius 2 is 1.29 bits per heavy atom. The van der Waals surface area contributed by atoms with Gasteiger partial charge in [0, 0.05) is 25.2 Å². The van der Waals surface area contributed by atoms with Crippen LogP contribution in [0.5, 0.6) is 0 Å². The van der Waals surface area contributed by atoms with E-state index in [1.54, 1.807) is 0 Å². The molecule has 34 heavy (non-hydrogen) atoms. The lowest BCUT2D eigenvalue weighted by Crippen LogP contribution is -2.38. The lowest BCUT2D eigenvalue weighted by Gasteiger charge is -2.34. The Kier molecular flexibility index (Phi) is 8.92. The van der Waals surface area contributed by atoms with Gasteiger partial charge >= 0.3 is 0 Å². The fourth-order valence-electron chi connectivity index (χ4n) is 5.44. The Hall–Kier alpha value is -2.91. The van der Waals surface area contributed by atoms with Crippen molar-refractivity contribution < 1.29 is 4.79 Å². The molecule has 3 heteroatoms. The standard InChI is InChI=1S/C25H32N2O.C6H6/c1-26(25(28)23-10-6-3-7-11-23)24-13-12-20(18-24)19-27-16-14-22(15-17-27)21-8-4-2-5-9-21;1-2-4-6-5-3-1/h2-11,20,22,24H,12-19H2,1H3;1-6H. The molecule has 2 atom stereocenters. The van der Waals surface area contributed by atoms with E-state index in [-0.39, 0.29) is 5.91 Å². The molecule has 1 saturated heterocycles. The molecule has 3 nitrogen and oxygen atoms in total. The van der Waals surface area contributed by atoms with Crippen LogP contribution in [0.1, 0.15) is 53.9 Å². The number of likely N-dealkylation sites (tertiary alicyclic amines) is 1. The van der Waals surface area contributed by atoms with Gasteiger partial charge in [0.15, 0.2) is 0 Å². The van der Waals surface area contributed by atoms with Crippen molar-refractivity contribution in [3.63, 3.8) is 0 Å². The second-order valence-corrected chi connectivity index (χ2v) is 9.76. The van der Waals surface area contributed by atoms with Crippen molar-refractivity contribution in [1.82, 2.24) is 9.80 Å². The van der Waals surface area contributed by atoms with E-state index < -0.39 is 0 Å². The van der Waals surface area contributed by atoms with Gasteiger partial charge in [-0.25, -0.2) is 0 Å². The maximum atomic E-state index is 12.7. The fraction of sp³-hybridized carbons (Fsp3) is 0.387. The van der Waals surface area contributed by atoms with Gasteiger partial charge in [0.25, 0.3) is 5.91 Å². The number of hydrogen-bond acceptors (Lipinski definition) is 2. The number of rotatable bonds is 5. The SMILES string of the molecule is CN(C(=O)c1ccccc1)C1CCC(CN2CCC(c3ccccc3)CC2)C1.c1ccccc1. The predicted octanol–water partition coefficient (Wildman–Crippen LogP) is 6.49. The topological polar surface area (TPSA) is 23.6 Å². The van der Waals surface area contributed by atoms with Crippen LogP contribution >= 0.6 is 0 Å². The highest BCUT2D eigenvalue weighted by molar-refractivity contribution is 5.94. The zero-order valence-corrected chi connectivity index (χ0v) is 20.4. The van der Waals surface area contributed by atoms with Crippen molar-refractivity contribution in [2.45, 2.75) is 44.1 Å². The number of benzene rings is 3. The van der Waals surface area contributed by atoms with Crippen LogP contribution in [0.15, 0.2) is 97.1 Å². The molecule has 1 aliphatic heterocycles. The van der Waals surface area contributed by atoms with Crippen LogP contribution in [0.2, 0.25) is 0 Å². The lowest BCUT2D eigenvalue weighted by molar-refractivity contribution is 0.0729. The molecule has 1 aliphatic carbocycles. The minimum absolute atomic E-state index is 0.162. The third-order valence-corrected chi connectivity index (χ3v) is 7.44. The average Bonchev–Trinajstić information content (AvgIpc) is 3.39. The number of hydrogen-bond donors (Lipinski definition) is 0. The number of amides is 1. The van der Waals surface area contributed by atoms with Gasteiger partial charge in [0.2, 0.25) is 0 Å². The van der Waals surface area contributed by atoms with E-state index in [1.165, 1.54) is 44.5 Å².